The molecule has 2 aromatic carbocycles. The lowest BCUT2D eigenvalue weighted by atomic mass is 10.0. The molecule has 10 heteroatoms. The van der Waals surface area contributed by atoms with Crippen molar-refractivity contribution in [2.45, 2.75) is 19.4 Å². The number of aryl methyl sites for hydroxylation is 1. The van der Waals surface area contributed by atoms with Crippen LogP contribution >= 0.6 is 11.3 Å². The fraction of sp³-hybridized carbons (Fsp3) is 0.174. The maximum Gasteiger partial charge on any atom is 0.287 e. The lowest BCUT2D eigenvalue weighted by molar-refractivity contribution is -0.137. The van der Waals surface area contributed by atoms with E-state index in [9.17, 15) is 14.4 Å². The molecule has 9 nitrogen and oxygen atoms in total. The van der Waals surface area contributed by atoms with E-state index in [0.717, 1.165) is 21.5 Å². The molecule has 4 aromatic rings. The molecule has 2 aromatic heterocycles. The molecule has 0 radical (unpaired) electrons. The zero-order chi connectivity index (χ0) is 23.5. The summed E-state index contributed by atoms with van der Waals surface area (Å²) in [5.74, 6) is -1.85. The molecule has 0 bridgehead atoms. The molecule has 0 aliphatic heterocycles. The van der Waals surface area contributed by atoms with Crippen LogP contribution in [-0.2, 0) is 16.0 Å². The maximum atomic E-state index is 12.9. The highest BCUT2D eigenvalue weighted by Crippen LogP contribution is 2.28. The monoisotopic (exact) mass is 463 g/mol. The van der Waals surface area contributed by atoms with Crippen LogP contribution in [0.1, 0.15) is 21.7 Å². The largest absolute Gasteiger partial charge is 0.497 e. The summed E-state index contributed by atoms with van der Waals surface area (Å²) in [6.07, 6.45) is 0.133. The van der Waals surface area contributed by atoms with Crippen LogP contribution < -0.4 is 15.8 Å². The number of rotatable bonds is 8. The Morgan fingerprint density at radius 3 is 2.61 bits per heavy atom. The van der Waals surface area contributed by atoms with Gasteiger partial charge >= 0.3 is 0 Å². The molecule has 1 atom stereocenters. The zero-order valence-corrected chi connectivity index (χ0v) is 18.8. The topological polar surface area (TPSA) is 129 Å². The number of hydrogen-bond acceptors (Lipinski definition) is 7. The van der Waals surface area contributed by atoms with Gasteiger partial charge in [-0.2, -0.15) is 5.10 Å². The molecule has 4 rings (SSSR count). The Labute approximate surface area is 193 Å². The van der Waals surface area contributed by atoms with E-state index in [1.54, 1.807) is 36.9 Å². The van der Waals surface area contributed by atoms with E-state index in [1.807, 2.05) is 36.4 Å². The smallest absolute Gasteiger partial charge is 0.287 e. The number of aromatic nitrogens is 3. The summed E-state index contributed by atoms with van der Waals surface area (Å²) in [6, 6.07) is 15.1. The summed E-state index contributed by atoms with van der Waals surface area (Å²) in [4.78, 5) is 41.3. The highest BCUT2D eigenvalue weighted by atomic mass is 32.1. The van der Waals surface area contributed by atoms with Crippen molar-refractivity contribution in [2.75, 3.05) is 7.11 Å². The molecule has 2 amide bonds. The van der Waals surface area contributed by atoms with Gasteiger partial charge < -0.3 is 15.8 Å². The Morgan fingerprint density at radius 2 is 1.91 bits per heavy atom. The van der Waals surface area contributed by atoms with E-state index >= 15 is 0 Å². The fourth-order valence-corrected chi connectivity index (χ4v) is 4.36. The minimum atomic E-state index is -1.11. The van der Waals surface area contributed by atoms with Gasteiger partial charge in [0.25, 0.3) is 11.8 Å². The Morgan fingerprint density at radius 1 is 1.15 bits per heavy atom. The molecular weight excluding hydrogens is 442 g/mol. The van der Waals surface area contributed by atoms with Crippen molar-refractivity contribution in [1.29, 1.82) is 0 Å². The summed E-state index contributed by atoms with van der Waals surface area (Å²) in [7, 11) is 1.60. The second-order valence-corrected chi connectivity index (χ2v) is 8.37. The van der Waals surface area contributed by atoms with E-state index in [0.29, 0.717) is 10.8 Å². The number of amides is 2. The first-order valence-corrected chi connectivity index (χ1v) is 10.9. The van der Waals surface area contributed by atoms with E-state index in [4.69, 9.17) is 10.5 Å². The second kappa shape index (κ2) is 9.21. The minimum absolute atomic E-state index is 0.0969. The average molecular weight is 464 g/mol. The van der Waals surface area contributed by atoms with Crippen molar-refractivity contribution in [2.24, 2.45) is 5.73 Å². The predicted molar refractivity (Wildman–Crippen MR) is 124 cm³/mol. The van der Waals surface area contributed by atoms with Gasteiger partial charge in [0.2, 0.25) is 10.9 Å². The lowest BCUT2D eigenvalue weighted by Gasteiger charge is -2.15. The zero-order valence-electron chi connectivity index (χ0n) is 17.9. The molecule has 33 heavy (non-hydrogen) atoms. The van der Waals surface area contributed by atoms with Gasteiger partial charge in [0.15, 0.2) is 5.69 Å². The van der Waals surface area contributed by atoms with Crippen molar-refractivity contribution in [3.63, 3.8) is 0 Å². The number of ketones is 1. The van der Waals surface area contributed by atoms with Crippen LogP contribution in [0.15, 0.2) is 54.6 Å². The Kier molecular flexibility index (Phi) is 6.18. The second-order valence-electron chi connectivity index (χ2n) is 7.36. The third-order valence-corrected chi connectivity index (χ3v) is 6.03. The number of nitrogens with one attached hydrogen (secondary N) is 1. The molecule has 3 N–H and O–H groups in total. The molecule has 168 valence electrons. The van der Waals surface area contributed by atoms with Crippen LogP contribution in [0.4, 0.5) is 0 Å². The van der Waals surface area contributed by atoms with Crippen molar-refractivity contribution in [3.05, 3.63) is 71.5 Å². The minimum Gasteiger partial charge on any atom is -0.497 e. The summed E-state index contributed by atoms with van der Waals surface area (Å²) in [6.45, 7) is 1.80. The Hall–Kier alpha value is -4.05. The van der Waals surface area contributed by atoms with Crippen LogP contribution in [0.25, 0.3) is 15.3 Å². The van der Waals surface area contributed by atoms with Gasteiger partial charge in [-0.15, -0.1) is 0 Å². The van der Waals surface area contributed by atoms with E-state index in [1.165, 1.54) is 11.3 Å². The highest BCUT2D eigenvalue weighted by Gasteiger charge is 2.27. The van der Waals surface area contributed by atoms with E-state index in [-0.39, 0.29) is 12.1 Å². The first-order chi connectivity index (χ1) is 15.9. The van der Waals surface area contributed by atoms with Crippen molar-refractivity contribution < 1.29 is 19.1 Å². The number of benzene rings is 2. The molecule has 0 spiro atoms. The number of hydrogen-bond donors (Lipinski definition) is 2. The first-order valence-electron chi connectivity index (χ1n) is 10.1. The van der Waals surface area contributed by atoms with Crippen molar-refractivity contribution in [1.82, 2.24) is 20.1 Å². The number of carbonyl (C=O) groups excluding carboxylic acids is 3. The summed E-state index contributed by atoms with van der Waals surface area (Å²) >= 11 is 1.41. The summed E-state index contributed by atoms with van der Waals surface area (Å²) < 4.78 is 7.74. The third kappa shape index (κ3) is 4.75. The maximum absolute atomic E-state index is 12.9. The first kappa shape index (κ1) is 22.2. The highest BCUT2D eigenvalue weighted by molar-refractivity contribution is 7.20. The van der Waals surface area contributed by atoms with Crippen LogP contribution in [0.3, 0.4) is 0 Å². The molecule has 0 saturated carbocycles. The van der Waals surface area contributed by atoms with Gasteiger partial charge in [0.05, 0.1) is 17.3 Å². The average Bonchev–Trinajstić information content (AvgIpc) is 3.41. The van der Waals surface area contributed by atoms with Gasteiger partial charge in [-0.25, -0.2) is 9.67 Å². The number of carbonyl (C=O) groups is 3. The Bertz CT molecular complexity index is 1350. The predicted octanol–water partition coefficient (Wildman–Crippen LogP) is 2.19. The standard InChI is InChI=1S/C23H21N5O4S/c1-13-10-18(27-28(13)23-26-16-9-8-15(32-2)12-19(16)33-23)22(31)25-17(20(29)21(24)30)11-14-6-4-3-5-7-14/h3-10,12,17H,11H2,1-2H3,(H2,24,30)(H,25,31). The number of ether oxygens (including phenoxy) is 1. The molecule has 0 aliphatic carbocycles. The number of nitrogens with two attached hydrogens (primary N) is 1. The van der Waals surface area contributed by atoms with Gasteiger partial charge in [0.1, 0.15) is 11.8 Å². The Balaban J connectivity index is 1.58. The van der Waals surface area contributed by atoms with Crippen LogP contribution in [-0.4, -0.2) is 45.5 Å². The molecule has 0 saturated heterocycles. The molecule has 0 fully saturated rings. The van der Waals surface area contributed by atoms with Gasteiger partial charge in [-0.3, -0.25) is 14.4 Å². The third-order valence-electron chi connectivity index (χ3n) is 5.03. The van der Waals surface area contributed by atoms with Crippen molar-refractivity contribution in [3.8, 4) is 10.9 Å². The number of primary amides is 1. The SMILES string of the molecule is COc1ccc2nc(-n3nc(C(=O)NC(Cc4ccccc4)C(=O)C(N)=O)cc3C)sc2c1. The number of nitrogens with zero attached hydrogens (tertiary/aromatic N) is 3. The number of fused-ring (bicyclic) bond motifs is 1. The quantitative estimate of drug-likeness (QED) is 0.386. The van der Waals surface area contributed by atoms with Crippen LogP contribution in [0, 0.1) is 6.92 Å². The van der Waals surface area contributed by atoms with Gasteiger partial charge in [-0.05, 0) is 36.8 Å². The summed E-state index contributed by atoms with van der Waals surface area (Å²) in [5.41, 5.74) is 7.54. The van der Waals surface area contributed by atoms with Crippen LogP contribution in [0.2, 0.25) is 0 Å². The molecule has 1 unspecified atom stereocenters. The molecule has 2 heterocycles. The van der Waals surface area contributed by atoms with Gasteiger partial charge in [-0.1, -0.05) is 41.7 Å². The summed E-state index contributed by atoms with van der Waals surface area (Å²) in [5, 5.41) is 7.56. The number of methoxy groups -OCH3 is 1. The number of thiazole rings is 1. The molecule has 0 aliphatic rings. The van der Waals surface area contributed by atoms with Crippen LogP contribution in [0.5, 0.6) is 5.75 Å². The lowest BCUT2D eigenvalue weighted by Crippen LogP contribution is -2.47. The van der Waals surface area contributed by atoms with E-state index < -0.39 is 23.6 Å². The normalized spacial score (nSPS) is 11.8. The molecular formula is C23H21N5O4S. The van der Waals surface area contributed by atoms with Crippen molar-refractivity contribution >= 4 is 39.2 Å². The number of Topliss-reactive ketones (excluding diaryl/α,β-unsaturated/α-hetero) is 1. The van der Waals surface area contributed by atoms with E-state index in [2.05, 4.69) is 15.4 Å². The van der Waals surface area contributed by atoms with Gasteiger partial charge in [0, 0.05) is 12.1 Å². The fourth-order valence-electron chi connectivity index (χ4n) is 3.35.